The van der Waals surface area contributed by atoms with Gasteiger partial charge in [-0.15, -0.1) is 0 Å². The van der Waals surface area contributed by atoms with Gasteiger partial charge < -0.3 is 10.1 Å². The van der Waals surface area contributed by atoms with E-state index in [1.54, 1.807) is 7.05 Å². The average Bonchev–Trinajstić information content (AvgIpc) is 2.71. The SMILES string of the molecule is Cn1cc([N+](=O)[O-])nc1-n1cncn1. The Morgan fingerprint density at radius 1 is 1.57 bits per heavy atom. The first-order valence-electron chi connectivity index (χ1n) is 3.71. The quantitative estimate of drug-likeness (QED) is 0.492. The molecule has 0 aromatic carbocycles. The fourth-order valence-electron chi connectivity index (χ4n) is 1.05. The van der Waals surface area contributed by atoms with Gasteiger partial charge in [0, 0.05) is 12.0 Å². The van der Waals surface area contributed by atoms with Gasteiger partial charge in [-0.1, -0.05) is 0 Å². The van der Waals surface area contributed by atoms with E-state index in [4.69, 9.17) is 0 Å². The monoisotopic (exact) mass is 194 g/mol. The van der Waals surface area contributed by atoms with E-state index in [0.717, 1.165) is 0 Å². The molecule has 0 aliphatic carbocycles. The van der Waals surface area contributed by atoms with E-state index in [1.165, 1.54) is 28.1 Å². The lowest BCUT2D eigenvalue weighted by molar-refractivity contribution is -0.389. The molecule has 0 N–H and O–H groups in total. The van der Waals surface area contributed by atoms with E-state index >= 15 is 0 Å². The van der Waals surface area contributed by atoms with E-state index < -0.39 is 4.92 Å². The minimum absolute atomic E-state index is 0.210. The molecule has 72 valence electrons. The lowest BCUT2D eigenvalue weighted by Crippen LogP contribution is -2.02. The van der Waals surface area contributed by atoms with Gasteiger partial charge in [-0.05, 0) is 4.92 Å². The van der Waals surface area contributed by atoms with Crippen LogP contribution in [0.2, 0.25) is 0 Å². The van der Waals surface area contributed by atoms with E-state index in [0.29, 0.717) is 5.95 Å². The molecule has 0 saturated heterocycles. The average molecular weight is 194 g/mol. The van der Waals surface area contributed by atoms with Crippen LogP contribution in [-0.4, -0.2) is 29.2 Å². The first-order chi connectivity index (χ1) is 6.68. The van der Waals surface area contributed by atoms with Crippen molar-refractivity contribution in [2.45, 2.75) is 0 Å². The summed E-state index contributed by atoms with van der Waals surface area (Å²) in [6.45, 7) is 0. The third-order valence-corrected chi connectivity index (χ3v) is 1.65. The van der Waals surface area contributed by atoms with Crippen LogP contribution < -0.4 is 0 Å². The van der Waals surface area contributed by atoms with E-state index in [9.17, 15) is 10.1 Å². The minimum Gasteiger partial charge on any atom is -0.358 e. The number of nitrogens with zero attached hydrogens (tertiary/aromatic N) is 6. The standard InChI is InChI=1S/C6H6N6O2/c1-10-2-5(12(13)14)9-6(10)11-4-7-3-8-11/h2-4H,1H3. The summed E-state index contributed by atoms with van der Waals surface area (Å²) in [6, 6.07) is 0. The van der Waals surface area contributed by atoms with Gasteiger partial charge in [0.05, 0.1) is 0 Å². The van der Waals surface area contributed by atoms with Gasteiger partial charge >= 0.3 is 11.8 Å². The zero-order chi connectivity index (χ0) is 10.1. The third-order valence-electron chi connectivity index (χ3n) is 1.65. The maximum absolute atomic E-state index is 10.4. The van der Waals surface area contributed by atoms with Crippen LogP contribution in [0.5, 0.6) is 0 Å². The highest BCUT2D eigenvalue weighted by molar-refractivity contribution is 5.24. The van der Waals surface area contributed by atoms with Gasteiger partial charge in [-0.2, -0.15) is 9.78 Å². The molecule has 14 heavy (non-hydrogen) atoms. The maximum atomic E-state index is 10.4. The molecule has 0 amide bonds. The molecular weight excluding hydrogens is 188 g/mol. The topological polar surface area (TPSA) is 91.7 Å². The number of aryl methyl sites for hydroxylation is 1. The maximum Gasteiger partial charge on any atom is 0.384 e. The molecule has 2 aromatic heterocycles. The molecule has 0 saturated carbocycles. The van der Waals surface area contributed by atoms with Crippen LogP contribution in [0.3, 0.4) is 0 Å². The van der Waals surface area contributed by atoms with Crippen LogP contribution in [0.25, 0.3) is 5.95 Å². The normalized spacial score (nSPS) is 10.4. The summed E-state index contributed by atoms with van der Waals surface area (Å²) in [7, 11) is 1.65. The Bertz CT molecular complexity index is 459. The fourth-order valence-corrected chi connectivity index (χ4v) is 1.05. The first-order valence-corrected chi connectivity index (χ1v) is 3.71. The van der Waals surface area contributed by atoms with Crippen molar-refractivity contribution in [3.63, 3.8) is 0 Å². The predicted octanol–water partition coefficient (Wildman–Crippen LogP) is -0.0910. The van der Waals surface area contributed by atoms with Crippen LogP contribution in [0.4, 0.5) is 5.82 Å². The molecule has 2 aromatic rings. The zero-order valence-electron chi connectivity index (χ0n) is 7.23. The summed E-state index contributed by atoms with van der Waals surface area (Å²) in [6.07, 6.45) is 4.07. The Morgan fingerprint density at radius 3 is 2.86 bits per heavy atom. The van der Waals surface area contributed by atoms with Crippen LogP contribution in [-0.2, 0) is 7.05 Å². The molecule has 8 nitrogen and oxygen atoms in total. The van der Waals surface area contributed by atoms with Crippen LogP contribution in [0.1, 0.15) is 0 Å². The molecule has 0 atom stereocenters. The minimum atomic E-state index is -0.555. The summed E-state index contributed by atoms with van der Waals surface area (Å²) in [4.78, 5) is 17.4. The van der Waals surface area contributed by atoms with E-state index in [2.05, 4.69) is 15.1 Å². The zero-order valence-corrected chi connectivity index (χ0v) is 7.23. The number of hydrogen-bond acceptors (Lipinski definition) is 5. The molecular formula is C6H6N6O2. The van der Waals surface area contributed by atoms with Gasteiger partial charge in [0.25, 0.3) is 0 Å². The molecule has 0 aliphatic rings. The third kappa shape index (κ3) is 1.22. The summed E-state index contributed by atoms with van der Waals surface area (Å²) < 4.78 is 2.86. The van der Waals surface area contributed by atoms with Crippen molar-refractivity contribution >= 4 is 5.82 Å². The van der Waals surface area contributed by atoms with Gasteiger partial charge in [-0.3, -0.25) is 4.57 Å². The number of hydrogen-bond donors (Lipinski definition) is 0. The molecule has 0 aliphatic heterocycles. The van der Waals surface area contributed by atoms with Crippen molar-refractivity contribution in [1.82, 2.24) is 24.3 Å². The Balaban J connectivity index is 2.50. The largest absolute Gasteiger partial charge is 0.384 e. The summed E-state index contributed by atoms with van der Waals surface area (Å²) >= 11 is 0. The number of rotatable bonds is 2. The van der Waals surface area contributed by atoms with Crippen LogP contribution >= 0.6 is 0 Å². The van der Waals surface area contributed by atoms with Crippen molar-refractivity contribution < 1.29 is 4.92 Å². The number of aromatic nitrogens is 5. The lowest BCUT2D eigenvalue weighted by atomic mass is 10.8. The molecule has 8 heteroatoms. The Kier molecular flexibility index (Phi) is 1.73. The Hall–Kier alpha value is -2.25. The van der Waals surface area contributed by atoms with Crippen molar-refractivity contribution in [2.24, 2.45) is 7.05 Å². The smallest absolute Gasteiger partial charge is 0.358 e. The van der Waals surface area contributed by atoms with Gasteiger partial charge in [0.15, 0.2) is 0 Å². The first kappa shape index (κ1) is 8.35. The van der Waals surface area contributed by atoms with Gasteiger partial charge in [0.2, 0.25) is 0 Å². The van der Waals surface area contributed by atoms with Crippen molar-refractivity contribution in [2.75, 3.05) is 0 Å². The second-order valence-corrected chi connectivity index (χ2v) is 2.61. The lowest BCUT2D eigenvalue weighted by Gasteiger charge is -1.92. The second kappa shape index (κ2) is 2.91. The molecule has 0 fully saturated rings. The highest BCUT2D eigenvalue weighted by Crippen LogP contribution is 2.11. The Morgan fingerprint density at radius 2 is 2.36 bits per heavy atom. The summed E-state index contributed by atoms with van der Waals surface area (Å²) in [5, 5.41) is 14.2. The summed E-state index contributed by atoms with van der Waals surface area (Å²) in [5.74, 6) is 0.146. The molecule has 0 unspecified atom stereocenters. The van der Waals surface area contributed by atoms with Crippen molar-refractivity contribution in [3.05, 3.63) is 29.0 Å². The van der Waals surface area contributed by atoms with Gasteiger partial charge in [0.1, 0.15) is 18.9 Å². The molecule has 0 bridgehead atoms. The molecule has 0 radical (unpaired) electrons. The highest BCUT2D eigenvalue weighted by Gasteiger charge is 2.18. The van der Waals surface area contributed by atoms with E-state index in [1.807, 2.05) is 0 Å². The second-order valence-electron chi connectivity index (χ2n) is 2.61. The number of imidazole rings is 1. The number of nitro groups is 1. The van der Waals surface area contributed by atoms with Crippen molar-refractivity contribution in [3.8, 4) is 5.95 Å². The molecule has 0 spiro atoms. The fraction of sp³-hybridized carbons (Fsp3) is 0.167. The molecule has 2 rings (SSSR count). The predicted molar refractivity (Wildman–Crippen MR) is 44.8 cm³/mol. The Labute approximate surface area is 78.0 Å². The van der Waals surface area contributed by atoms with Gasteiger partial charge in [-0.25, -0.2) is 4.98 Å². The van der Waals surface area contributed by atoms with Crippen LogP contribution in [0, 0.1) is 10.1 Å². The highest BCUT2D eigenvalue weighted by atomic mass is 16.6. The summed E-state index contributed by atoms with van der Waals surface area (Å²) in [5.41, 5.74) is 0. The van der Waals surface area contributed by atoms with E-state index in [-0.39, 0.29) is 5.82 Å². The van der Waals surface area contributed by atoms with Crippen molar-refractivity contribution in [1.29, 1.82) is 0 Å². The molecule has 2 heterocycles. The van der Waals surface area contributed by atoms with Crippen LogP contribution in [0.15, 0.2) is 18.9 Å².